The molecule has 106 valence electrons. The monoisotopic (exact) mass is 254 g/mol. The predicted octanol–water partition coefficient (Wildman–Crippen LogP) is 2.26. The van der Waals surface area contributed by atoms with Gasteiger partial charge in [0.25, 0.3) is 0 Å². The van der Waals surface area contributed by atoms with Crippen LogP contribution in [0.15, 0.2) is 0 Å². The first-order valence-corrected chi connectivity index (χ1v) is 7.69. The van der Waals surface area contributed by atoms with Crippen LogP contribution < -0.4 is 5.32 Å². The molecule has 0 aromatic heterocycles. The smallest absolute Gasteiger partial charge is 0.0596 e. The molecule has 2 unspecified atom stereocenters. The molecular formula is C15H30N2O. The molecule has 2 aliphatic rings. The zero-order valence-corrected chi connectivity index (χ0v) is 12.3. The molecule has 2 aliphatic heterocycles. The first kappa shape index (κ1) is 14.3. The fraction of sp³-hybridized carbons (Fsp3) is 1.00. The highest BCUT2D eigenvalue weighted by Crippen LogP contribution is 2.32. The van der Waals surface area contributed by atoms with Crippen molar-refractivity contribution in [2.45, 2.75) is 64.1 Å². The number of hydrogen-bond acceptors (Lipinski definition) is 3. The maximum absolute atomic E-state index is 5.60. The van der Waals surface area contributed by atoms with Crippen LogP contribution in [-0.4, -0.2) is 49.8 Å². The first-order valence-electron chi connectivity index (χ1n) is 7.69. The zero-order valence-electron chi connectivity index (χ0n) is 12.3. The minimum atomic E-state index is 0.360. The van der Waals surface area contributed by atoms with Crippen molar-refractivity contribution in [3.63, 3.8) is 0 Å². The predicted molar refractivity (Wildman–Crippen MR) is 75.9 cm³/mol. The highest BCUT2D eigenvalue weighted by molar-refractivity contribution is 4.91. The Morgan fingerprint density at radius 3 is 2.44 bits per heavy atom. The number of ether oxygens (including phenoxy) is 1. The standard InChI is InChI=1S/C15H30N2O/c1-12(2)18-9-8-17(3)7-6-13-10-14-4-5-15(11-13)16-14/h12-16H,4-11H2,1-3H3. The highest BCUT2D eigenvalue weighted by atomic mass is 16.5. The number of hydrogen-bond donors (Lipinski definition) is 1. The van der Waals surface area contributed by atoms with Crippen molar-refractivity contribution in [2.24, 2.45) is 5.92 Å². The van der Waals surface area contributed by atoms with Crippen LogP contribution in [0.25, 0.3) is 0 Å². The first-order chi connectivity index (χ1) is 8.63. The van der Waals surface area contributed by atoms with Crippen LogP contribution in [0.3, 0.4) is 0 Å². The van der Waals surface area contributed by atoms with Gasteiger partial charge in [-0.1, -0.05) is 0 Å². The quantitative estimate of drug-likeness (QED) is 0.754. The topological polar surface area (TPSA) is 24.5 Å². The summed E-state index contributed by atoms with van der Waals surface area (Å²) in [6, 6.07) is 1.67. The van der Waals surface area contributed by atoms with Crippen LogP contribution in [-0.2, 0) is 4.74 Å². The SMILES string of the molecule is CC(C)OCCN(C)CCC1CC2CCC(C1)N2. The van der Waals surface area contributed by atoms with Gasteiger partial charge in [0, 0.05) is 18.6 Å². The molecule has 2 heterocycles. The van der Waals surface area contributed by atoms with Crippen molar-refractivity contribution < 1.29 is 4.74 Å². The van der Waals surface area contributed by atoms with Gasteiger partial charge in [-0.2, -0.15) is 0 Å². The summed E-state index contributed by atoms with van der Waals surface area (Å²) in [5, 5.41) is 3.72. The Hall–Kier alpha value is -0.120. The summed E-state index contributed by atoms with van der Waals surface area (Å²) < 4.78 is 5.60. The summed E-state index contributed by atoms with van der Waals surface area (Å²) in [5.74, 6) is 0.956. The van der Waals surface area contributed by atoms with Crippen molar-refractivity contribution >= 4 is 0 Å². The third kappa shape index (κ3) is 4.52. The van der Waals surface area contributed by atoms with E-state index in [4.69, 9.17) is 4.74 Å². The summed E-state index contributed by atoms with van der Waals surface area (Å²) in [4.78, 5) is 2.42. The van der Waals surface area contributed by atoms with Crippen LogP contribution in [0.1, 0.15) is 46.0 Å². The average Bonchev–Trinajstić information content (AvgIpc) is 2.65. The van der Waals surface area contributed by atoms with Gasteiger partial charge in [-0.05, 0) is 65.5 Å². The lowest BCUT2D eigenvalue weighted by atomic mass is 9.89. The third-order valence-electron chi connectivity index (χ3n) is 4.41. The summed E-state index contributed by atoms with van der Waals surface area (Å²) in [7, 11) is 2.22. The number of nitrogens with one attached hydrogen (secondary N) is 1. The number of rotatable bonds is 7. The molecule has 0 amide bonds. The van der Waals surface area contributed by atoms with Gasteiger partial charge in [0.1, 0.15) is 0 Å². The molecule has 2 atom stereocenters. The molecule has 18 heavy (non-hydrogen) atoms. The maximum Gasteiger partial charge on any atom is 0.0596 e. The van der Waals surface area contributed by atoms with Gasteiger partial charge >= 0.3 is 0 Å². The van der Waals surface area contributed by atoms with E-state index in [0.29, 0.717) is 6.10 Å². The van der Waals surface area contributed by atoms with E-state index >= 15 is 0 Å². The molecule has 3 nitrogen and oxygen atoms in total. The van der Waals surface area contributed by atoms with E-state index in [0.717, 1.165) is 31.2 Å². The average molecular weight is 254 g/mol. The lowest BCUT2D eigenvalue weighted by molar-refractivity contribution is 0.0624. The Morgan fingerprint density at radius 1 is 1.17 bits per heavy atom. The molecule has 0 radical (unpaired) electrons. The fourth-order valence-electron chi connectivity index (χ4n) is 3.37. The molecule has 2 saturated heterocycles. The minimum Gasteiger partial charge on any atom is -0.377 e. The summed E-state index contributed by atoms with van der Waals surface area (Å²) in [6.45, 7) is 7.36. The van der Waals surface area contributed by atoms with Crippen molar-refractivity contribution in [3.8, 4) is 0 Å². The van der Waals surface area contributed by atoms with E-state index in [1.54, 1.807) is 0 Å². The summed E-state index contributed by atoms with van der Waals surface area (Å²) >= 11 is 0. The Labute approximate surface area is 112 Å². The van der Waals surface area contributed by atoms with Crippen molar-refractivity contribution in [3.05, 3.63) is 0 Å². The highest BCUT2D eigenvalue weighted by Gasteiger charge is 2.32. The zero-order chi connectivity index (χ0) is 13.0. The minimum absolute atomic E-state index is 0.360. The molecule has 0 aliphatic carbocycles. The fourth-order valence-corrected chi connectivity index (χ4v) is 3.37. The van der Waals surface area contributed by atoms with Gasteiger partial charge in [0.05, 0.1) is 12.7 Å². The normalized spacial score (nSPS) is 31.5. The Morgan fingerprint density at radius 2 is 1.83 bits per heavy atom. The van der Waals surface area contributed by atoms with E-state index < -0.39 is 0 Å². The van der Waals surface area contributed by atoms with Crippen molar-refractivity contribution in [1.82, 2.24) is 10.2 Å². The van der Waals surface area contributed by atoms with Crippen LogP contribution >= 0.6 is 0 Å². The van der Waals surface area contributed by atoms with Gasteiger partial charge in [-0.3, -0.25) is 0 Å². The summed E-state index contributed by atoms with van der Waals surface area (Å²) in [5.41, 5.74) is 0. The number of fused-ring (bicyclic) bond motifs is 2. The number of likely N-dealkylation sites (N-methyl/N-ethyl adjacent to an activating group) is 1. The molecule has 2 rings (SSSR count). The Balaban J connectivity index is 1.57. The van der Waals surface area contributed by atoms with E-state index in [1.165, 1.54) is 38.6 Å². The van der Waals surface area contributed by atoms with E-state index in [-0.39, 0.29) is 0 Å². The molecule has 2 fully saturated rings. The largest absolute Gasteiger partial charge is 0.377 e. The van der Waals surface area contributed by atoms with Crippen molar-refractivity contribution in [1.29, 1.82) is 0 Å². The van der Waals surface area contributed by atoms with E-state index in [1.807, 2.05) is 0 Å². The van der Waals surface area contributed by atoms with Gasteiger partial charge in [0.2, 0.25) is 0 Å². The molecular weight excluding hydrogens is 224 g/mol. The lowest BCUT2D eigenvalue weighted by Crippen LogP contribution is -2.39. The van der Waals surface area contributed by atoms with E-state index in [2.05, 4.69) is 31.1 Å². The third-order valence-corrected chi connectivity index (χ3v) is 4.41. The second-order valence-electron chi connectivity index (χ2n) is 6.49. The molecule has 1 N–H and O–H groups in total. The van der Waals surface area contributed by atoms with Crippen LogP contribution in [0.2, 0.25) is 0 Å². The molecule has 3 heteroatoms. The lowest BCUT2D eigenvalue weighted by Gasteiger charge is -2.30. The molecule has 2 bridgehead atoms. The molecule has 0 spiro atoms. The van der Waals surface area contributed by atoms with Gasteiger partial charge in [0.15, 0.2) is 0 Å². The Bertz CT molecular complexity index is 233. The van der Waals surface area contributed by atoms with Crippen LogP contribution in [0, 0.1) is 5.92 Å². The van der Waals surface area contributed by atoms with Crippen molar-refractivity contribution in [2.75, 3.05) is 26.7 Å². The van der Waals surface area contributed by atoms with Gasteiger partial charge in [-0.25, -0.2) is 0 Å². The van der Waals surface area contributed by atoms with Crippen LogP contribution in [0.5, 0.6) is 0 Å². The number of piperidine rings is 1. The van der Waals surface area contributed by atoms with Gasteiger partial charge < -0.3 is 15.0 Å². The van der Waals surface area contributed by atoms with E-state index in [9.17, 15) is 0 Å². The number of nitrogens with zero attached hydrogens (tertiary/aromatic N) is 1. The maximum atomic E-state index is 5.60. The second-order valence-corrected chi connectivity index (χ2v) is 6.49. The summed E-state index contributed by atoms with van der Waals surface area (Å²) in [6.07, 6.45) is 7.38. The second kappa shape index (κ2) is 6.88. The molecule has 0 aromatic carbocycles. The Kier molecular flexibility index (Phi) is 5.46. The molecule has 0 aromatic rings. The molecule has 0 saturated carbocycles. The van der Waals surface area contributed by atoms with Gasteiger partial charge in [-0.15, -0.1) is 0 Å². The van der Waals surface area contributed by atoms with Crippen LogP contribution in [0.4, 0.5) is 0 Å².